The molecule has 5 atom stereocenters. The van der Waals surface area contributed by atoms with E-state index in [0.29, 0.717) is 0 Å². The summed E-state index contributed by atoms with van der Waals surface area (Å²) >= 11 is 0. The van der Waals surface area contributed by atoms with Crippen LogP contribution in [0.4, 0.5) is 4.39 Å². The molecule has 0 heterocycles. The Morgan fingerprint density at radius 1 is 1.48 bits per heavy atom. The van der Waals surface area contributed by atoms with Crippen LogP contribution in [0.25, 0.3) is 0 Å². The summed E-state index contributed by atoms with van der Waals surface area (Å²) < 4.78 is 13.4. The van der Waals surface area contributed by atoms with Crippen molar-refractivity contribution < 1.29 is 87.8 Å². The van der Waals surface area contributed by atoms with E-state index in [1.54, 1.807) is 6.42 Å². The summed E-state index contributed by atoms with van der Waals surface area (Å²) in [5.74, 6) is -2.87. The standard InChI is InChI=1S/C10H14FN2O3.CO2.2Na/c1-4(12)8(14)13-10(9(15)16)3-7(11)5-2-6(5)10;2-1-3;;/h2,4-7H,3,12H2,1H3,(H,13,14)(H,15,16);;;/q-1;;2*+1/p-1/t4-,5-,6+,7+,10-;;;/m0.../s1. The van der Waals surface area contributed by atoms with Gasteiger partial charge in [-0.15, -0.1) is 0 Å². The molecule has 7 nitrogen and oxygen atoms in total. The second kappa shape index (κ2) is 9.37. The van der Waals surface area contributed by atoms with Crippen LogP contribution < -0.4 is 75.3 Å². The zero-order valence-corrected chi connectivity index (χ0v) is 16.1. The van der Waals surface area contributed by atoms with Crippen molar-refractivity contribution in [1.29, 1.82) is 0 Å². The molecule has 0 spiro atoms. The first kappa shape index (κ1) is 23.5. The van der Waals surface area contributed by atoms with Crippen molar-refractivity contribution >= 4 is 18.0 Å². The fourth-order valence-corrected chi connectivity index (χ4v) is 2.33. The Morgan fingerprint density at radius 3 is 2.19 bits per heavy atom. The molecule has 2 rings (SSSR count). The van der Waals surface area contributed by atoms with Crippen LogP contribution in [-0.4, -0.2) is 35.8 Å². The number of aliphatic carboxylic acids is 1. The van der Waals surface area contributed by atoms with Crippen LogP contribution in [0.1, 0.15) is 13.3 Å². The zero-order chi connectivity index (χ0) is 14.8. The van der Waals surface area contributed by atoms with Crippen LogP contribution in [0.5, 0.6) is 0 Å². The molecular formula is C11H13FN2Na2O5. The fourth-order valence-electron chi connectivity index (χ4n) is 2.33. The van der Waals surface area contributed by atoms with Crippen molar-refractivity contribution in [2.45, 2.75) is 31.1 Å². The normalized spacial score (nSPS) is 32.6. The smallest absolute Gasteiger partial charge is 0.548 e. The number of halogens is 1. The minimum Gasteiger partial charge on any atom is -0.548 e. The summed E-state index contributed by atoms with van der Waals surface area (Å²) in [6.45, 7) is 1.44. The van der Waals surface area contributed by atoms with E-state index in [4.69, 9.17) is 15.3 Å². The molecule has 0 unspecified atom stereocenters. The molecule has 0 bridgehead atoms. The van der Waals surface area contributed by atoms with Gasteiger partial charge in [0.05, 0.1) is 23.7 Å². The quantitative estimate of drug-likeness (QED) is 0.393. The van der Waals surface area contributed by atoms with Crippen LogP contribution in [0.3, 0.4) is 0 Å². The third kappa shape index (κ3) is 5.11. The van der Waals surface area contributed by atoms with Gasteiger partial charge in [-0.25, -0.2) is 0 Å². The molecule has 2 saturated carbocycles. The maximum absolute atomic E-state index is 13.4. The molecule has 0 aromatic rings. The first-order valence-electron chi connectivity index (χ1n) is 5.57. The zero-order valence-electron chi connectivity index (χ0n) is 12.1. The summed E-state index contributed by atoms with van der Waals surface area (Å²) in [6, 6.07) is -0.827. The number of carboxylic acid groups (broad SMARTS) is 1. The molecule has 2 aliphatic carbocycles. The molecule has 3 N–H and O–H groups in total. The number of carbonyl (C=O) groups excluding carboxylic acids is 4. The van der Waals surface area contributed by atoms with E-state index < -0.39 is 35.5 Å². The summed E-state index contributed by atoms with van der Waals surface area (Å²) in [4.78, 5) is 38.8. The molecule has 10 heteroatoms. The summed E-state index contributed by atoms with van der Waals surface area (Å²) in [7, 11) is 0. The number of amides is 1. The van der Waals surface area contributed by atoms with E-state index in [0.717, 1.165) is 0 Å². The molecule has 2 fully saturated rings. The third-order valence-electron chi connectivity index (χ3n) is 3.33. The van der Waals surface area contributed by atoms with Gasteiger partial charge in [-0.3, -0.25) is 9.18 Å². The summed E-state index contributed by atoms with van der Waals surface area (Å²) in [5.41, 5.74) is 3.74. The van der Waals surface area contributed by atoms with Crippen molar-refractivity contribution in [3.05, 3.63) is 6.42 Å². The number of alkyl halides is 1. The molecule has 0 aliphatic heterocycles. The van der Waals surface area contributed by atoms with Crippen LogP contribution in [0, 0.1) is 18.3 Å². The Hall–Kier alpha value is 0.210. The van der Waals surface area contributed by atoms with Gasteiger partial charge in [-0.2, -0.15) is 21.4 Å². The van der Waals surface area contributed by atoms with Gasteiger partial charge in [-0.1, -0.05) is 0 Å². The third-order valence-corrected chi connectivity index (χ3v) is 3.33. The predicted molar refractivity (Wildman–Crippen MR) is 55.3 cm³/mol. The molecule has 2 aliphatic rings. The van der Waals surface area contributed by atoms with Gasteiger partial charge in [0.25, 0.3) is 0 Å². The van der Waals surface area contributed by atoms with Crippen LogP contribution >= 0.6 is 0 Å². The van der Waals surface area contributed by atoms with Crippen LogP contribution in [0.15, 0.2) is 0 Å². The minimum absolute atomic E-state index is 0. The second-order valence-corrected chi connectivity index (χ2v) is 4.64. The monoisotopic (exact) mass is 318 g/mol. The van der Waals surface area contributed by atoms with Gasteiger partial charge in [0.15, 0.2) is 0 Å². The van der Waals surface area contributed by atoms with Crippen LogP contribution in [0.2, 0.25) is 0 Å². The number of fused-ring (bicyclic) bond motifs is 1. The number of carboxylic acids is 1. The molecule has 0 saturated heterocycles. The van der Waals surface area contributed by atoms with Gasteiger partial charge in [-0.05, 0) is 6.92 Å². The number of nitrogens with two attached hydrogens (primary N) is 1. The largest absolute Gasteiger partial charge is 1.00 e. The Labute approximate surface area is 165 Å². The van der Waals surface area contributed by atoms with Crippen molar-refractivity contribution in [3.8, 4) is 0 Å². The van der Waals surface area contributed by atoms with Gasteiger partial charge in [0, 0.05) is 6.42 Å². The van der Waals surface area contributed by atoms with Gasteiger partial charge >= 0.3 is 65.3 Å². The van der Waals surface area contributed by atoms with E-state index in [1.165, 1.54) is 6.92 Å². The van der Waals surface area contributed by atoms with E-state index in [1.807, 2.05) is 0 Å². The molecule has 0 aromatic carbocycles. The average molecular weight is 318 g/mol. The molecule has 0 aromatic heterocycles. The van der Waals surface area contributed by atoms with Crippen molar-refractivity contribution in [3.63, 3.8) is 0 Å². The number of hydrogen-bond donors (Lipinski definition) is 2. The van der Waals surface area contributed by atoms with Crippen molar-refractivity contribution in [1.82, 2.24) is 5.32 Å². The first-order valence-corrected chi connectivity index (χ1v) is 5.57. The summed E-state index contributed by atoms with van der Waals surface area (Å²) in [5, 5.41) is 13.4. The average Bonchev–Trinajstić information content (AvgIpc) is 3.03. The fraction of sp³-hybridized carbons (Fsp3) is 0.636. The topological polar surface area (TPSA) is 129 Å². The first-order chi connectivity index (χ1) is 8.80. The minimum atomic E-state index is -1.60. The molecular weight excluding hydrogens is 305 g/mol. The van der Waals surface area contributed by atoms with E-state index in [-0.39, 0.29) is 77.6 Å². The number of nitrogens with one attached hydrogen (secondary N) is 1. The molecule has 106 valence electrons. The van der Waals surface area contributed by atoms with E-state index in [2.05, 4.69) is 5.32 Å². The van der Waals surface area contributed by atoms with Crippen molar-refractivity contribution in [2.24, 2.45) is 17.6 Å². The Kier molecular flexibility index (Phi) is 10.5. The van der Waals surface area contributed by atoms with E-state index >= 15 is 0 Å². The molecule has 1 amide bonds. The number of carbonyl (C=O) groups is 2. The molecule has 0 radical (unpaired) electrons. The van der Waals surface area contributed by atoms with E-state index in [9.17, 15) is 19.1 Å². The number of hydrogen-bond acceptors (Lipinski definition) is 6. The Balaban J connectivity index is 0. The van der Waals surface area contributed by atoms with Gasteiger partial charge in [0.1, 0.15) is 0 Å². The Bertz CT molecular complexity index is 431. The predicted octanol–water partition coefficient (Wildman–Crippen LogP) is -8.44. The van der Waals surface area contributed by atoms with Gasteiger partial charge < -0.3 is 27.4 Å². The second-order valence-electron chi connectivity index (χ2n) is 4.64. The van der Waals surface area contributed by atoms with Crippen molar-refractivity contribution in [2.75, 3.05) is 0 Å². The Morgan fingerprint density at radius 2 is 1.95 bits per heavy atom. The number of rotatable bonds is 3. The maximum Gasteiger partial charge on any atom is 1.00 e. The maximum atomic E-state index is 13.4. The SMILES string of the molecule is C[C@H](N)C(=O)N[C@@]1(C(=O)[O-])C[C@@H](F)[C@H]2[CH-][C@H]21.O=C=O.[Na+].[Na+]. The molecule has 21 heavy (non-hydrogen) atoms. The van der Waals surface area contributed by atoms with Gasteiger partial charge in [0.2, 0.25) is 5.91 Å². The van der Waals surface area contributed by atoms with Crippen LogP contribution in [-0.2, 0) is 19.2 Å². The summed E-state index contributed by atoms with van der Waals surface area (Å²) in [6.07, 6.45) is 0.377.